The van der Waals surface area contributed by atoms with Crippen LogP contribution in [0.5, 0.6) is 5.75 Å². The third kappa shape index (κ3) is 5.04. The van der Waals surface area contributed by atoms with E-state index < -0.39 is 11.8 Å². The molecule has 1 fully saturated rings. The number of nitrogens with zero attached hydrogens (tertiary/aromatic N) is 2. The van der Waals surface area contributed by atoms with Gasteiger partial charge in [0.1, 0.15) is 17.7 Å². The number of hydrogen-bond donors (Lipinski definition) is 1. The van der Waals surface area contributed by atoms with Crippen LogP contribution in [0.3, 0.4) is 0 Å². The van der Waals surface area contributed by atoms with Crippen molar-refractivity contribution in [2.24, 2.45) is 10.9 Å². The number of aliphatic imine (C=N–C) groups is 1. The molecule has 1 aromatic carbocycles. The molecule has 0 atom stereocenters. The average molecular weight is 461 g/mol. The summed E-state index contributed by atoms with van der Waals surface area (Å²) in [5.74, 6) is -0.459. The van der Waals surface area contributed by atoms with Crippen LogP contribution in [0.1, 0.15) is 51.1 Å². The van der Waals surface area contributed by atoms with Gasteiger partial charge in [-0.15, -0.1) is 0 Å². The summed E-state index contributed by atoms with van der Waals surface area (Å²) in [4.78, 5) is 20.2. The van der Waals surface area contributed by atoms with Crippen molar-refractivity contribution in [1.29, 1.82) is 0 Å². The molecule has 6 nitrogen and oxygen atoms in total. The van der Waals surface area contributed by atoms with Gasteiger partial charge in [-0.05, 0) is 50.3 Å². The second kappa shape index (κ2) is 9.86. The minimum atomic E-state index is -0.742. The monoisotopic (exact) mass is 460 g/mol. The number of unbranched alkanes of at least 4 members (excludes halogenated alkanes) is 1. The fraction of sp³-hybridized carbons (Fsp3) is 0.458. The molecule has 8 heteroatoms. The topological polar surface area (TPSA) is 81.0 Å². The number of ether oxygens (including phenoxy) is 2. The van der Waals surface area contributed by atoms with Crippen LogP contribution in [0.2, 0.25) is 5.02 Å². The summed E-state index contributed by atoms with van der Waals surface area (Å²) in [5.41, 5.74) is 1.97. The van der Waals surface area contributed by atoms with E-state index in [2.05, 4.69) is 16.9 Å². The molecule has 0 unspecified atom stereocenters. The van der Waals surface area contributed by atoms with E-state index in [0.717, 1.165) is 12.8 Å². The van der Waals surface area contributed by atoms with E-state index in [4.69, 9.17) is 26.2 Å². The average Bonchev–Trinajstić information content (AvgIpc) is 3.15. The normalized spacial score (nSPS) is 19.9. The summed E-state index contributed by atoms with van der Waals surface area (Å²) in [6.07, 6.45) is 4.84. The molecule has 0 saturated heterocycles. The lowest BCUT2D eigenvalue weighted by atomic mass is 9.87. The van der Waals surface area contributed by atoms with E-state index in [1.807, 2.05) is 0 Å². The van der Waals surface area contributed by atoms with E-state index in [-0.39, 0.29) is 12.0 Å². The van der Waals surface area contributed by atoms with E-state index in [9.17, 15) is 9.18 Å². The van der Waals surface area contributed by atoms with Gasteiger partial charge >= 0.3 is 5.97 Å². The van der Waals surface area contributed by atoms with Crippen LogP contribution in [-0.4, -0.2) is 34.7 Å². The zero-order valence-electron chi connectivity index (χ0n) is 17.9. The zero-order valence-corrected chi connectivity index (χ0v) is 18.7. The number of rotatable bonds is 7. The number of carbonyl (C=O) groups is 1. The Morgan fingerprint density at radius 3 is 2.72 bits per heavy atom. The summed E-state index contributed by atoms with van der Waals surface area (Å²) in [6, 6.07) is 6.39. The molecule has 1 aromatic heterocycles. The predicted molar refractivity (Wildman–Crippen MR) is 120 cm³/mol. The van der Waals surface area contributed by atoms with Gasteiger partial charge in [0, 0.05) is 11.6 Å². The fourth-order valence-electron chi connectivity index (χ4n) is 4.05. The van der Waals surface area contributed by atoms with Gasteiger partial charge in [0.05, 0.1) is 41.0 Å². The van der Waals surface area contributed by atoms with Gasteiger partial charge in [-0.3, -0.25) is 4.79 Å². The minimum absolute atomic E-state index is 0.0497. The molecule has 0 bridgehead atoms. The van der Waals surface area contributed by atoms with Crippen molar-refractivity contribution >= 4 is 29.2 Å². The maximum Gasteiger partial charge on any atom is 0.306 e. The lowest BCUT2D eigenvalue weighted by molar-refractivity contribution is -0.143. The molecule has 4 rings (SSSR count). The quantitative estimate of drug-likeness (QED) is 0.515. The largest absolute Gasteiger partial charge is 0.493 e. The third-order valence-electron chi connectivity index (χ3n) is 5.88. The number of hydrogen-bond acceptors (Lipinski definition) is 5. The Balaban J connectivity index is 1.44. The molecule has 0 radical (unpaired) electrons. The number of carboxylic acid groups (broad SMARTS) is 1. The maximum absolute atomic E-state index is 14.8. The van der Waals surface area contributed by atoms with Crippen molar-refractivity contribution in [2.75, 3.05) is 6.61 Å². The van der Waals surface area contributed by atoms with Gasteiger partial charge in [0.15, 0.2) is 5.90 Å². The Morgan fingerprint density at radius 2 is 2.03 bits per heavy atom. The Labute approximate surface area is 191 Å². The highest BCUT2D eigenvalue weighted by Gasteiger charge is 2.29. The molecule has 32 heavy (non-hydrogen) atoms. The van der Waals surface area contributed by atoms with Crippen molar-refractivity contribution in [2.45, 2.75) is 58.0 Å². The molecule has 170 valence electrons. The molecule has 1 N–H and O–H groups in total. The molecule has 1 aliphatic carbocycles. The van der Waals surface area contributed by atoms with Crippen LogP contribution in [-0.2, 0) is 16.0 Å². The second-order valence-electron chi connectivity index (χ2n) is 8.24. The van der Waals surface area contributed by atoms with E-state index in [0.29, 0.717) is 78.0 Å². The first kappa shape index (κ1) is 22.5. The first-order valence-electron chi connectivity index (χ1n) is 11.0. The second-order valence-corrected chi connectivity index (χ2v) is 8.65. The highest BCUT2D eigenvalue weighted by atomic mass is 35.5. The van der Waals surface area contributed by atoms with Crippen molar-refractivity contribution in [3.63, 3.8) is 0 Å². The fourth-order valence-corrected chi connectivity index (χ4v) is 4.30. The predicted octanol–water partition coefficient (Wildman–Crippen LogP) is 5.97. The van der Waals surface area contributed by atoms with Gasteiger partial charge in [-0.1, -0.05) is 24.9 Å². The number of carboxylic acids is 1. The van der Waals surface area contributed by atoms with E-state index >= 15 is 0 Å². The summed E-state index contributed by atoms with van der Waals surface area (Å²) >= 11 is 6.42. The zero-order chi connectivity index (χ0) is 22.7. The molecule has 2 heterocycles. The minimum Gasteiger partial charge on any atom is -0.493 e. The summed E-state index contributed by atoms with van der Waals surface area (Å²) < 4.78 is 26.4. The van der Waals surface area contributed by atoms with Gasteiger partial charge < -0.3 is 14.6 Å². The van der Waals surface area contributed by atoms with Crippen molar-refractivity contribution in [1.82, 2.24) is 4.98 Å². The Morgan fingerprint density at radius 1 is 1.25 bits per heavy atom. The standard InChI is InChI=1S/C24H26ClFN2O4/c1-2-3-10-31-16-8-9-17(19(26)11-16)23-18(25)12-20-21(28-23)13-22(27-20)32-15-6-4-14(5-7-15)24(29)30/h8-9,11-12,14-15H,2-7,10,13H2,1H3,(H,29,30). The van der Waals surface area contributed by atoms with Crippen molar-refractivity contribution in [3.05, 3.63) is 40.8 Å². The molecule has 1 aliphatic heterocycles. The van der Waals surface area contributed by atoms with Crippen molar-refractivity contribution in [3.8, 4) is 17.0 Å². The maximum atomic E-state index is 14.8. The number of aromatic nitrogens is 1. The number of fused-ring (bicyclic) bond motifs is 1. The SMILES string of the molecule is CCCCOc1ccc(-c2nc3c(cc2Cl)N=C(OC2CCC(C(=O)O)CC2)C3)c(F)c1. The molecule has 2 aliphatic rings. The van der Waals surface area contributed by atoms with E-state index in [1.165, 1.54) is 6.07 Å². The van der Waals surface area contributed by atoms with Crippen LogP contribution in [0.25, 0.3) is 11.3 Å². The number of aliphatic carboxylic acids is 1. The molecule has 0 amide bonds. The van der Waals surface area contributed by atoms with E-state index in [1.54, 1.807) is 18.2 Å². The molecular formula is C24H26ClFN2O4. The molecule has 0 spiro atoms. The summed E-state index contributed by atoms with van der Waals surface area (Å²) in [6.45, 7) is 2.61. The van der Waals surface area contributed by atoms with Gasteiger partial charge in [-0.25, -0.2) is 14.4 Å². The number of benzene rings is 1. The van der Waals surface area contributed by atoms with Gasteiger partial charge in [-0.2, -0.15) is 0 Å². The molecule has 1 saturated carbocycles. The highest BCUT2D eigenvalue weighted by molar-refractivity contribution is 6.33. The van der Waals surface area contributed by atoms with Crippen LogP contribution < -0.4 is 4.74 Å². The molecular weight excluding hydrogens is 435 g/mol. The lowest BCUT2D eigenvalue weighted by Crippen LogP contribution is -2.27. The highest BCUT2D eigenvalue weighted by Crippen LogP contribution is 2.37. The Kier molecular flexibility index (Phi) is 6.94. The lowest BCUT2D eigenvalue weighted by Gasteiger charge is -2.26. The number of pyridine rings is 1. The van der Waals surface area contributed by atoms with Gasteiger partial charge in [0.25, 0.3) is 0 Å². The van der Waals surface area contributed by atoms with Crippen LogP contribution >= 0.6 is 11.6 Å². The van der Waals surface area contributed by atoms with Gasteiger partial charge in [0.2, 0.25) is 0 Å². The molecule has 2 aromatic rings. The number of halogens is 2. The van der Waals surface area contributed by atoms with Crippen LogP contribution in [0, 0.1) is 11.7 Å². The first-order valence-corrected chi connectivity index (χ1v) is 11.4. The summed E-state index contributed by atoms with van der Waals surface area (Å²) in [7, 11) is 0. The van der Waals surface area contributed by atoms with Crippen LogP contribution in [0.4, 0.5) is 10.1 Å². The van der Waals surface area contributed by atoms with Crippen molar-refractivity contribution < 1.29 is 23.8 Å². The third-order valence-corrected chi connectivity index (χ3v) is 6.17. The Bertz CT molecular complexity index is 1030. The smallest absolute Gasteiger partial charge is 0.306 e. The van der Waals surface area contributed by atoms with Crippen LogP contribution in [0.15, 0.2) is 29.3 Å². The first-order chi connectivity index (χ1) is 15.4. The summed E-state index contributed by atoms with van der Waals surface area (Å²) in [5, 5.41) is 9.45. The Hall–Kier alpha value is -2.67.